The normalized spacial score (nSPS) is 12.1. The Kier molecular flexibility index (Phi) is 11.9. The number of aryl methyl sites for hydroxylation is 1. The molecule has 1 atom stereocenters. The summed E-state index contributed by atoms with van der Waals surface area (Å²) in [5.74, 6) is -0.657. The zero-order valence-electron chi connectivity index (χ0n) is 20.3. The van der Waals surface area contributed by atoms with Crippen molar-refractivity contribution in [3.63, 3.8) is 0 Å². The molecule has 3 rings (SSSR count). The summed E-state index contributed by atoms with van der Waals surface area (Å²) in [4.78, 5) is 46.1. The van der Waals surface area contributed by atoms with Crippen molar-refractivity contribution in [1.29, 1.82) is 0 Å². The number of ether oxygens (including phenoxy) is 2. The number of pyridine rings is 2. The van der Waals surface area contributed by atoms with Crippen molar-refractivity contribution in [2.24, 2.45) is 0 Å². The first-order valence-electron chi connectivity index (χ1n) is 10.4. The average Bonchev–Trinajstić information content (AvgIpc) is 2.81. The molecule has 201 valence electrons. The quantitative estimate of drug-likeness (QED) is 0.150. The smallest absolute Gasteiger partial charge is 0.469 e. The number of aliphatic hydroxyl groups is 1. The molecule has 2 aromatic heterocycles. The number of fused-ring (bicyclic) bond motifs is 1. The van der Waals surface area contributed by atoms with Crippen LogP contribution in [-0.2, 0) is 13.9 Å². The fourth-order valence-electron chi connectivity index (χ4n) is 3.36. The van der Waals surface area contributed by atoms with E-state index in [-0.39, 0.29) is 86.1 Å². The Morgan fingerprint density at radius 1 is 1.13 bits per heavy atom. The fourth-order valence-corrected chi connectivity index (χ4v) is 4.53. The molecule has 0 aliphatic carbocycles. The van der Waals surface area contributed by atoms with Gasteiger partial charge in [0.15, 0.2) is 11.5 Å². The first-order valence-corrected chi connectivity index (χ1v) is 13.1. The van der Waals surface area contributed by atoms with Crippen molar-refractivity contribution in [1.82, 2.24) is 14.9 Å². The predicted molar refractivity (Wildman–Crippen MR) is 142 cm³/mol. The van der Waals surface area contributed by atoms with Gasteiger partial charge in [0.25, 0.3) is 5.91 Å². The number of aliphatic hydroxyl groups excluding tert-OH is 1. The first kappa shape index (κ1) is 32.8. The third-order valence-corrected chi connectivity index (χ3v) is 6.26. The second-order valence-corrected chi connectivity index (χ2v) is 9.93. The minimum absolute atomic E-state index is 0. The van der Waals surface area contributed by atoms with E-state index in [4.69, 9.17) is 54.1 Å². The monoisotopic (exact) mass is 618 g/mol. The van der Waals surface area contributed by atoms with E-state index >= 15 is 0 Å². The molecule has 2 heterocycles. The number of aromatic nitrogens is 2. The van der Waals surface area contributed by atoms with Crippen LogP contribution < -0.4 is 20.2 Å². The van der Waals surface area contributed by atoms with Crippen LogP contribution in [0.2, 0.25) is 15.1 Å². The Balaban J connectivity index is 0.00000507. The molecule has 17 heteroatoms. The summed E-state index contributed by atoms with van der Waals surface area (Å²) in [6, 6.07) is 4.12. The second kappa shape index (κ2) is 13.8. The second-order valence-electron chi connectivity index (χ2n) is 7.47. The maximum absolute atomic E-state index is 12.9. The SMILES string of the molecule is CNC(=O)[C@@H](O)COc1ncc(Cl)c2c1c(=O)cc(C)n2-c1c(Cl)cc(OCCOP(=O)(O)O)cc1Cl.[Na]. The average molecular weight is 620 g/mol. The van der Waals surface area contributed by atoms with Gasteiger partial charge in [-0.25, -0.2) is 9.55 Å². The molecule has 0 bridgehead atoms. The van der Waals surface area contributed by atoms with Gasteiger partial charge >= 0.3 is 7.82 Å². The Labute approximate surface area is 253 Å². The molecule has 0 aliphatic rings. The molecule has 0 saturated heterocycles. The zero-order valence-corrected chi connectivity index (χ0v) is 25.4. The third kappa shape index (κ3) is 7.83. The number of phosphoric acid groups is 1. The van der Waals surface area contributed by atoms with Crippen LogP contribution in [-0.4, -0.2) is 92.9 Å². The van der Waals surface area contributed by atoms with Crippen molar-refractivity contribution in [2.45, 2.75) is 13.0 Å². The molecule has 12 nitrogen and oxygen atoms in total. The van der Waals surface area contributed by atoms with Crippen LogP contribution in [0.1, 0.15) is 5.69 Å². The van der Waals surface area contributed by atoms with Gasteiger partial charge in [-0.1, -0.05) is 34.8 Å². The maximum Gasteiger partial charge on any atom is 0.469 e. The molecule has 3 aromatic rings. The van der Waals surface area contributed by atoms with E-state index in [1.807, 2.05) is 0 Å². The minimum atomic E-state index is -4.64. The van der Waals surface area contributed by atoms with E-state index < -0.39 is 31.9 Å². The van der Waals surface area contributed by atoms with Gasteiger partial charge in [-0.05, 0) is 6.92 Å². The van der Waals surface area contributed by atoms with Crippen molar-refractivity contribution >= 4 is 89.0 Å². The summed E-state index contributed by atoms with van der Waals surface area (Å²) < 4.78 is 27.5. The number of carbonyl (C=O) groups is 1. The van der Waals surface area contributed by atoms with E-state index in [2.05, 4.69) is 14.8 Å². The van der Waals surface area contributed by atoms with Gasteiger partial charge in [-0.2, -0.15) is 0 Å². The van der Waals surface area contributed by atoms with E-state index in [1.165, 1.54) is 36.0 Å². The maximum atomic E-state index is 12.9. The molecule has 1 amide bonds. The van der Waals surface area contributed by atoms with Crippen LogP contribution in [0.4, 0.5) is 0 Å². The molecule has 1 aromatic carbocycles. The first-order chi connectivity index (χ1) is 17.3. The fraction of sp³-hybridized carbons (Fsp3) is 0.286. The van der Waals surface area contributed by atoms with Crippen molar-refractivity contribution < 1.29 is 38.3 Å². The van der Waals surface area contributed by atoms with Crippen LogP contribution >= 0.6 is 42.6 Å². The van der Waals surface area contributed by atoms with Crippen molar-refractivity contribution in [3.8, 4) is 17.3 Å². The number of amides is 1. The number of likely N-dealkylation sites (N-methyl/N-ethyl adjacent to an activating group) is 1. The van der Waals surface area contributed by atoms with Gasteiger partial charge in [0.05, 0.1) is 39.1 Å². The van der Waals surface area contributed by atoms with Crippen LogP contribution in [0.3, 0.4) is 0 Å². The number of rotatable bonds is 10. The molecule has 38 heavy (non-hydrogen) atoms. The summed E-state index contributed by atoms with van der Waals surface area (Å²) in [7, 11) is -3.29. The van der Waals surface area contributed by atoms with Crippen LogP contribution in [0.25, 0.3) is 16.6 Å². The number of benzene rings is 1. The largest absolute Gasteiger partial charge is 0.491 e. The predicted octanol–water partition coefficient (Wildman–Crippen LogP) is 2.25. The van der Waals surface area contributed by atoms with Crippen LogP contribution in [0, 0.1) is 6.92 Å². The van der Waals surface area contributed by atoms with Crippen LogP contribution in [0.5, 0.6) is 11.6 Å². The van der Waals surface area contributed by atoms with Gasteiger partial charge in [0.1, 0.15) is 24.3 Å². The Morgan fingerprint density at radius 3 is 2.34 bits per heavy atom. The summed E-state index contributed by atoms with van der Waals surface area (Å²) in [6.07, 6.45) is -0.269. The Morgan fingerprint density at radius 2 is 1.76 bits per heavy atom. The summed E-state index contributed by atoms with van der Waals surface area (Å²) >= 11 is 19.5. The molecule has 0 unspecified atom stereocenters. The molecule has 1 radical (unpaired) electrons. The summed E-state index contributed by atoms with van der Waals surface area (Å²) in [5, 5.41) is 12.4. The van der Waals surface area contributed by atoms with E-state index in [0.717, 1.165) is 0 Å². The molecule has 4 N–H and O–H groups in total. The molecule has 0 aliphatic heterocycles. The number of halogens is 3. The molecule has 0 spiro atoms. The number of nitrogens with one attached hydrogen (secondary N) is 1. The van der Waals surface area contributed by atoms with E-state index in [0.29, 0.717) is 5.69 Å². The number of nitrogens with zero attached hydrogens (tertiary/aromatic N) is 2. The minimum Gasteiger partial charge on any atom is -0.491 e. The van der Waals surface area contributed by atoms with Gasteiger partial charge < -0.3 is 34.3 Å². The van der Waals surface area contributed by atoms with Gasteiger partial charge in [0.2, 0.25) is 5.88 Å². The third-order valence-electron chi connectivity index (χ3n) is 4.89. The number of phosphoric ester groups is 1. The zero-order chi connectivity index (χ0) is 27.5. The Hall–Kier alpha value is -1.41. The number of carbonyl (C=O) groups excluding carboxylic acids is 1. The summed E-state index contributed by atoms with van der Waals surface area (Å²) in [5.41, 5.74) is 0.336. The molecule has 0 saturated carbocycles. The number of hydrogen-bond acceptors (Lipinski definition) is 8. The van der Waals surface area contributed by atoms with Gasteiger partial charge in [0, 0.05) is 60.5 Å². The summed E-state index contributed by atoms with van der Waals surface area (Å²) in [6.45, 7) is 0.571. The molecule has 0 fully saturated rings. The van der Waals surface area contributed by atoms with Crippen molar-refractivity contribution in [2.75, 3.05) is 26.9 Å². The van der Waals surface area contributed by atoms with E-state index in [1.54, 1.807) is 6.92 Å². The Bertz CT molecular complexity index is 1430. The molecular formula is C21H21Cl3N3NaO9P. The van der Waals surface area contributed by atoms with Gasteiger partial charge in [-0.15, -0.1) is 0 Å². The van der Waals surface area contributed by atoms with Crippen LogP contribution in [0.15, 0.2) is 29.2 Å². The van der Waals surface area contributed by atoms with Crippen molar-refractivity contribution in [3.05, 3.63) is 55.4 Å². The van der Waals surface area contributed by atoms with Gasteiger partial charge in [-0.3, -0.25) is 14.1 Å². The molecular weight excluding hydrogens is 599 g/mol. The topological polar surface area (TPSA) is 169 Å². The number of hydrogen-bond donors (Lipinski definition) is 4. The standard InChI is InChI=1S/C21H21Cl3N3O9P.Na/c1-10-5-15(28)17-19(14(24)8-26-21(17)35-9-16(29)20(30)25-2)27(10)18-12(22)6-11(7-13(18)23)34-3-4-36-37(31,32)33;/h5-8,16,29H,3-4,9H2,1-2H3,(H,25,30)(H2,31,32,33);/t16-;/m0./s1. The van der Waals surface area contributed by atoms with E-state index in [9.17, 15) is 19.3 Å².